The Morgan fingerprint density at radius 1 is 1.56 bits per heavy atom. The number of nitrogens with one attached hydrogen (secondary N) is 1. The molecule has 2 aliphatic heterocycles. The van der Waals surface area contributed by atoms with Gasteiger partial charge in [-0.1, -0.05) is 11.3 Å². The minimum absolute atomic E-state index is 0.251. The third-order valence-electron chi connectivity index (χ3n) is 4.08. The van der Waals surface area contributed by atoms with E-state index in [1.807, 2.05) is 5.38 Å². The van der Waals surface area contributed by atoms with Crippen LogP contribution in [-0.2, 0) is 6.54 Å². The molecule has 3 heterocycles. The highest BCUT2D eigenvalue weighted by atomic mass is 32.1. The Morgan fingerprint density at radius 3 is 3.11 bits per heavy atom. The molecule has 0 aromatic carbocycles. The molecule has 1 N–H and O–H groups in total. The number of likely N-dealkylation sites (tertiary alicyclic amines) is 1. The number of nitro groups is 1. The number of hydrogen-bond acceptors (Lipinski definition) is 5. The van der Waals surface area contributed by atoms with Gasteiger partial charge in [0, 0.05) is 31.1 Å². The smallest absolute Gasteiger partial charge is 0.316 e. The van der Waals surface area contributed by atoms with Gasteiger partial charge in [-0.05, 0) is 36.9 Å². The molecule has 2 fully saturated rings. The van der Waals surface area contributed by atoms with Crippen LogP contribution >= 0.6 is 11.3 Å². The predicted octanol–water partition coefficient (Wildman–Crippen LogP) is 1.84. The molecule has 2 saturated heterocycles. The highest BCUT2D eigenvalue weighted by molar-refractivity contribution is 7.13. The van der Waals surface area contributed by atoms with E-state index in [0.717, 1.165) is 38.3 Å². The van der Waals surface area contributed by atoms with Crippen LogP contribution in [0.4, 0.5) is 5.00 Å². The van der Waals surface area contributed by atoms with Crippen LogP contribution in [0.25, 0.3) is 0 Å². The maximum absolute atomic E-state index is 10.6. The zero-order chi connectivity index (χ0) is 12.6. The highest BCUT2D eigenvalue weighted by Crippen LogP contribution is 2.37. The molecule has 1 spiro atoms. The summed E-state index contributed by atoms with van der Waals surface area (Å²) in [5, 5.41) is 16.3. The molecule has 0 bridgehead atoms. The highest BCUT2D eigenvalue weighted by Gasteiger charge is 2.40. The van der Waals surface area contributed by atoms with Crippen molar-refractivity contribution in [1.29, 1.82) is 0 Å². The molecule has 18 heavy (non-hydrogen) atoms. The Hall–Kier alpha value is -0.980. The molecular weight excluding hydrogens is 250 g/mol. The molecule has 3 rings (SSSR count). The molecule has 0 saturated carbocycles. The zero-order valence-electron chi connectivity index (χ0n) is 10.2. The lowest BCUT2D eigenvalue weighted by Crippen LogP contribution is -2.28. The molecule has 1 aromatic rings. The summed E-state index contributed by atoms with van der Waals surface area (Å²) < 4.78 is 0. The molecule has 2 aliphatic rings. The lowest BCUT2D eigenvalue weighted by molar-refractivity contribution is -0.380. The van der Waals surface area contributed by atoms with E-state index in [0.29, 0.717) is 5.41 Å². The standard InChI is InChI=1S/C12H17N3O2S/c16-15(17)11-5-10(7-18-11)6-14-4-2-12(9-14)1-3-13-8-12/h5,7,13H,1-4,6,8-9H2. The third-order valence-corrected chi connectivity index (χ3v) is 5.00. The normalized spacial score (nSPS) is 28.2. The lowest BCUT2D eigenvalue weighted by Gasteiger charge is -2.22. The van der Waals surface area contributed by atoms with E-state index in [1.54, 1.807) is 6.07 Å². The number of hydrogen-bond donors (Lipinski definition) is 1. The van der Waals surface area contributed by atoms with E-state index in [4.69, 9.17) is 0 Å². The second kappa shape index (κ2) is 4.60. The fourth-order valence-corrected chi connectivity index (χ4v) is 3.83. The van der Waals surface area contributed by atoms with Crippen LogP contribution in [0, 0.1) is 15.5 Å². The second-order valence-electron chi connectivity index (χ2n) is 5.44. The first-order valence-electron chi connectivity index (χ1n) is 6.32. The summed E-state index contributed by atoms with van der Waals surface area (Å²) in [6, 6.07) is 1.71. The predicted molar refractivity (Wildman–Crippen MR) is 70.8 cm³/mol. The summed E-state index contributed by atoms with van der Waals surface area (Å²) in [5.41, 5.74) is 1.55. The number of rotatable bonds is 3. The molecule has 5 nitrogen and oxygen atoms in total. The van der Waals surface area contributed by atoms with Crippen LogP contribution in [0.2, 0.25) is 0 Å². The molecule has 98 valence electrons. The molecule has 1 aromatic heterocycles. The Balaban J connectivity index is 1.61. The van der Waals surface area contributed by atoms with Crippen LogP contribution in [0.15, 0.2) is 11.4 Å². The van der Waals surface area contributed by atoms with E-state index >= 15 is 0 Å². The van der Waals surface area contributed by atoms with Crippen LogP contribution in [0.1, 0.15) is 18.4 Å². The minimum atomic E-state index is -0.305. The van der Waals surface area contributed by atoms with Crippen molar-refractivity contribution in [2.24, 2.45) is 5.41 Å². The summed E-state index contributed by atoms with van der Waals surface area (Å²) in [4.78, 5) is 12.8. The summed E-state index contributed by atoms with van der Waals surface area (Å²) in [5.74, 6) is 0. The van der Waals surface area contributed by atoms with Gasteiger partial charge in [-0.2, -0.15) is 0 Å². The lowest BCUT2D eigenvalue weighted by atomic mass is 9.87. The maximum Gasteiger partial charge on any atom is 0.324 e. The monoisotopic (exact) mass is 267 g/mol. The van der Waals surface area contributed by atoms with E-state index in [-0.39, 0.29) is 9.92 Å². The molecule has 0 amide bonds. The average Bonchev–Trinajstić information content (AvgIpc) is 3.03. The Labute approximate surface area is 110 Å². The molecular formula is C12H17N3O2S. The van der Waals surface area contributed by atoms with Crippen LogP contribution < -0.4 is 5.32 Å². The van der Waals surface area contributed by atoms with E-state index in [2.05, 4.69) is 10.2 Å². The third kappa shape index (κ3) is 2.28. The summed E-state index contributed by atoms with van der Waals surface area (Å²) >= 11 is 1.23. The Bertz CT molecular complexity index is 454. The fourth-order valence-electron chi connectivity index (χ4n) is 3.11. The van der Waals surface area contributed by atoms with Gasteiger partial charge in [-0.3, -0.25) is 15.0 Å². The largest absolute Gasteiger partial charge is 0.324 e. The van der Waals surface area contributed by atoms with Crippen LogP contribution in [0.5, 0.6) is 0 Å². The van der Waals surface area contributed by atoms with Gasteiger partial charge in [0.05, 0.1) is 4.92 Å². The zero-order valence-corrected chi connectivity index (χ0v) is 11.0. The SMILES string of the molecule is O=[N+]([O-])c1cc(CN2CCC3(CCNC3)C2)cs1. The van der Waals surface area contributed by atoms with Crippen molar-refractivity contribution < 1.29 is 4.92 Å². The average molecular weight is 267 g/mol. The molecule has 0 radical (unpaired) electrons. The van der Waals surface area contributed by atoms with Crippen LogP contribution in [0.3, 0.4) is 0 Å². The molecule has 0 aliphatic carbocycles. The Morgan fingerprint density at radius 2 is 2.44 bits per heavy atom. The quantitative estimate of drug-likeness (QED) is 0.670. The van der Waals surface area contributed by atoms with Gasteiger partial charge < -0.3 is 5.32 Å². The van der Waals surface area contributed by atoms with Gasteiger partial charge in [-0.15, -0.1) is 0 Å². The van der Waals surface area contributed by atoms with Crippen molar-refractivity contribution in [1.82, 2.24) is 10.2 Å². The van der Waals surface area contributed by atoms with Crippen molar-refractivity contribution in [3.63, 3.8) is 0 Å². The van der Waals surface area contributed by atoms with Crippen molar-refractivity contribution in [3.8, 4) is 0 Å². The van der Waals surface area contributed by atoms with Gasteiger partial charge in [0.1, 0.15) is 0 Å². The first-order chi connectivity index (χ1) is 8.67. The first kappa shape index (κ1) is 12.1. The summed E-state index contributed by atoms with van der Waals surface area (Å²) in [6.07, 6.45) is 2.53. The molecule has 1 unspecified atom stereocenters. The molecule has 1 atom stereocenters. The second-order valence-corrected chi connectivity index (χ2v) is 6.33. The first-order valence-corrected chi connectivity index (χ1v) is 7.20. The van der Waals surface area contributed by atoms with Crippen LogP contribution in [-0.4, -0.2) is 36.0 Å². The molecule has 6 heteroatoms. The maximum atomic E-state index is 10.6. The van der Waals surface area contributed by atoms with Gasteiger partial charge in [0.25, 0.3) is 0 Å². The van der Waals surface area contributed by atoms with E-state index in [9.17, 15) is 10.1 Å². The minimum Gasteiger partial charge on any atom is -0.316 e. The fraction of sp³-hybridized carbons (Fsp3) is 0.667. The van der Waals surface area contributed by atoms with Gasteiger partial charge in [0.15, 0.2) is 0 Å². The van der Waals surface area contributed by atoms with Crippen molar-refractivity contribution in [2.75, 3.05) is 26.2 Å². The van der Waals surface area contributed by atoms with Crippen molar-refractivity contribution in [2.45, 2.75) is 19.4 Å². The topological polar surface area (TPSA) is 58.4 Å². The van der Waals surface area contributed by atoms with Crippen molar-refractivity contribution in [3.05, 3.63) is 27.1 Å². The van der Waals surface area contributed by atoms with Gasteiger partial charge >= 0.3 is 5.00 Å². The number of thiophene rings is 1. The van der Waals surface area contributed by atoms with Crippen molar-refractivity contribution >= 4 is 16.3 Å². The Kier molecular flexibility index (Phi) is 3.09. The van der Waals surface area contributed by atoms with E-state index in [1.165, 1.54) is 24.2 Å². The number of nitrogens with zero attached hydrogens (tertiary/aromatic N) is 2. The van der Waals surface area contributed by atoms with Gasteiger partial charge in [0.2, 0.25) is 0 Å². The summed E-state index contributed by atoms with van der Waals surface area (Å²) in [7, 11) is 0. The van der Waals surface area contributed by atoms with E-state index < -0.39 is 0 Å². The summed E-state index contributed by atoms with van der Waals surface area (Å²) in [6.45, 7) is 5.37. The van der Waals surface area contributed by atoms with Gasteiger partial charge in [-0.25, -0.2) is 0 Å².